The van der Waals surface area contributed by atoms with Gasteiger partial charge in [-0.3, -0.25) is 5.32 Å². The van der Waals surface area contributed by atoms with Gasteiger partial charge in [-0.05, 0) is 39.0 Å². The van der Waals surface area contributed by atoms with E-state index < -0.39 is 0 Å². The van der Waals surface area contributed by atoms with Crippen LogP contribution in [0.3, 0.4) is 0 Å². The average molecular weight is 297 g/mol. The number of aliphatic hydroxyl groups is 1. The summed E-state index contributed by atoms with van der Waals surface area (Å²) in [6, 6.07) is 0.543. The van der Waals surface area contributed by atoms with E-state index in [1.54, 1.807) is 0 Å². The number of nitrogens with one attached hydrogen (secondary N) is 1. The number of rotatable bonds is 8. The molecule has 3 nitrogen and oxygen atoms in total. The van der Waals surface area contributed by atoms with Crippen LogP contribution in [0, 0.1) is 5.92 Å². The number of hydrogen-bond donors (Lipinski definition) is 2. The van der Waals surface area contributed by atoms with Gasteiger partial charge in [-0.1, -0.05) is 51.4 Å². The van der Waals surface area contributed by atoms with E-state index in [2.05, 4.69) is 19.2 Å². The second-order valence-electron chi connectivity index (χ2n) is 7.58. The van der Waals surface area contributed by atoms with Crippen LogP contribution in [0.25, 0.3) is 0 Å². The molecule has 0 aromatic heterocycles. The zero-order valence-corrected chi connectivity index (χ0v) is 14.1. The normalized spacial score (nSPS) is 29.9. The Morgan fingerprint density at radius 1 is 1.05 bits per heavy atom. The lowest BCUT2D eigenvalue weighted by atomic mass is 9.83. The second kappa shape index (κ2) is 8.50. The summed E-state index contributed by atoms with van der Waals surface area (Å²) < 4.78 is 6.25. The van der Waals surface area contributed by atoms with Gasteiger partial charge >= 0.3 is 0 Å². The molecule has 1 aliphatic carbocycles. The molecule has 0 aromatic rings. The van der Waals surface area contributed by atoms with Crippen LogP contribution in [0.4, 0.5) is 0 Å². The highest BCUT2D eigenvalue weighted by atomic mass is 16.5. The first kappa shape index (κ1) is 17.2. The fourth-order valence-electron chi connectivity index (χ4n) is 4.10. The number of hydrogen-bond acceptors (Lipinski definition) is 3. The van der Waals surface area contributed by atoms with Crippen molar-refractivity contribution >= 4 is 0 Å². The molecule has 0 aromatic carbocycles. The highest BCUT2D eigenvalue weighted by molar-refractivity contribution is 4.91. The molecule has 2 N–H and O–H groups in total. The Morgan fingerprint density at radius 3 is 2.48 bits per heavy atom. The van der Waals surface area contributed by atoms with Crippen LogP contribution in [-0.2, 0) is 4.74 Å². The minimum Gasteiger partial charge on any atom is -0.396 e. The average Bonchev–Trinajstić information content (AvgIpc) is 2.74. The van der Waals surface area contributed by atoms with Crippen molar-refractivity contribution in [2.75, 3.05) is 6.61 Å². The molecule has 1 aliphatic heterocycles. The van der Waals surface area contributed by atoms with E-state index in [-0.39, 0.29) is 5.72 Å². The molecule has 2 aliphatic rings. The lowest BCUT2D eigenvalue weighted by molar-refractivity contribution is -0.0293. The zero-order chi connectivity index (χ0) is 15.1. The van der Waals surface area contributed by atoms with Crippen LogP contribution >= 0.6 is 0 Å². The van der Waals surface area contributed by atoms with Crippen LogP contribution in [0.2, 0.25) is 0 Å². The van der Waals surface area contributed by atoms with Gasteiger partial charge in [-0.15, -0.1) is 0 Å². The van der Waals surface area contributed by atoms with Gasteiger partial charge in [-0.2, -0.15) is 0 Å². The molecule has 0 bridgehead atoms. The van der Waals surface area contributed by atoms with Gasteiger partial charge in [0.1, 0.15) is 5.72 Å². The van der Waals surface area contributed by atoms with E-state index in [0.29, 0.717) is 18.8 Å². The molecule has 0 radical (unpaired) electrons. The number of unbranched alkanes of at least 4 members (excludes halogenated alkanes) is 3. The fraction of sp³-hybridized carbons (Fsp3) is 1.00. The van der Waals surface area contributed by atoms with Gasteiger partial charge < -0.3 is 9.84 Å². The smallest absolute Gasteiger partial charge is 0.114 e. The predicted molar refractivity (Wildman–Crippen MR) is 87.2 cm³/mol. The molecule has 2 atom stereocenters. The lowest BCUT2D eigenvalue weighted by Crippen LogP contribution is -2.40. The zero-order valence-electron chi connectivity index (χ0n) is 14.1. The maximum absolute atomic E-state index is 8.84. The Kier molecular flexibility index (Phi) is 6.97. The molecule has 1 saturated heterocycles. The van der Waals surface area contributed by atoms with Crippen LogP contribution < -0.4 is 5.32 Å². The highest BCUT2D eigenvalue weighted by Crippen LogP contribution is 2.33. The molecular weight excluding hydrogens is 262 g/mol. The van der Waals surface area contributed by atoms with Crippen molar-refractivity contribution in [1.29, 1.82) is 0 Å². The van der Waals surface area contributed by atoms with Crippen molar-refractivity contribution in [2.45, 2.75) is 102 Å². The summed E-state index contributed by atoms with van der Waals surface area (Å²) in [4.78, 5) is 0. The third-order valence-corrected chi connectivity index (χ3v) is 5.14. The van der Waals surface area contributed by atoms with Crippen molar-refractivity contribution in [3.8, 4) is 0 Å². The standard InChI is InChI=1S/C18H35NO2/c1-18(2)19-16(14-15-10-6-5-7-11-15)17(21-18)12-8-3-4-9-13-20/h15-17,19-20H,3-14H2,1-2H3/t16-,17-/m0/s1. The summed E-state index contributed by atoms with van der Waals surface area (Å²) in [7, 11) is 0. The van der Waals surface area contributed by atoms with Gasteiger partial charge in [0, 0.05) is 12.6 Å². The Morgan fingerprint density at radius 2 is 1.76 bits per heavy atom. The van der Waals surface area contributed by atoms with Crippen molar-refractivity contribution < 1.29 is 9.84 Å². The molecule has 0 amide bonds. The minimum atomic E-state index is -0.158. The van der Waals surface area contributed by atoms with Crippen LogP contribution in [-0.4, -0.2) is 29.6 Å². The van der Waals surface area contributed by atoms with Gasteiger partial charge in [-0.25, -0.2) is 0 Å². The number of aliphatic hydroxyl groups excluding tert-OH is 1. The van der Waals surface area contributed by atoms with Crippen LogP contribution in [0.15, 0.2) is 0 Å². The molecule has 1 saturated carbocycles. The molecule has 0 unspecified atom stereocenters. The first-order chi connectivity index (χ1) is 10.1. The van der Waals surface area contributed by atoms with Crippen molar-refractivity contribution in [3.63, 3.8) is 0 Å². The van der Waals surface area contributed by atoms with E-state index in [1.165, 1.54) is 57.8 Å². The summed E-state index contributed by atoms with van der Waals surface area (Å²) in [5.41, 5.74) is -0.158. The Bertz CT molecular complexity index is 287. The summed E-state index contributed by atoms with van der Waals surface area (Å²) >= 11 is 0. The summed E-state index contributed by atoms with van der Waals surface area (Å²) in [5, 5.41) is 12.6. The van der Waals surface area contributed by atoms with Gasteiger partial charge in [0.15, 0.2) is 0 Å². The van der Waals surface area contributed by atoms with Crippen molar-refractivity contribution in [3.05, 3.63) is 0 Å². The molecule has 2 rings (SSSR count). The van der Waals surface area contributed by atoms with Crippen molar-refractivity contribution in [1.82, 2.24) is 5.32 Å². The maximum atomic E-state index is 8.84. The molecule has 1 heterocycles. The van der Waals surface area contributed by atoms with E-state index in [4.69, 9.17) is 9.84 Å². The molecule has 0 spiro atoms. The summed E-state index contributed by atoms with van der Waals surface area (Å²) in [6.07, 6.45) is 14.5. The summed E-state index contributed by atoms with van der Waals surface area (Å²) in [5.74, 6) is 0.908. The minimum absolute atomic E-state index is 0.158. The Hall–Kier alpha value is -0.120. The molecule has 2 fully saturated rings. The Labute approximate surface area is 130 Å². The van der Waals surface area contributed by atoms with E-state index in [1.807, 2.05) is 0 Å². The monoisotopic (exact) mass is 297 g/mol. The molecule has 3 heteroatoms. The lowest BCUT2D eigenvalue weighted by Gasteiger charge is -2.27. The largest absolute Gasteiger partial charge is 0.396 e. The topological polar surface area (TPSA) is 41.5 Å². The first-order valence-electron chi connectivity index (χ1n) is 9.17. The van der Waals surface area contributed by atoms with Gasteiger partial charge in [0.25, 0.3) is 0 Å². The van der Waals surface area contributed by atoms with E-state index >= 15 is 0 Å². The van der Waals surface area contributed by atoms with Gasteiger partial charge in [0.2, 0.25) is 0 Å². The van der Waals surface area contributed by atoms with Crippen molar-refractivity contribution in [2.24, 2.45) is 5.92 Å². The van der Waals surface area contributed by atoms with Gasteiger partial charge in [0.05, 0.1) is 6.10 Å². The second-order valence-corrected chi connectivity index (χ2v) is 7.58. The Balaban J connectivity index is 1.75. The van der Waals surface area contributed by atoms with E-state index in [9.17, 15) is 0 Å². The highest BCUT2D eigenvalue weighted by Gasteiger charge is 2.39. The SMILES string of the molecule is CC1(C)N[C@@H](CC2CCCCC2)[C@H](CCCCCCO)O1. The quantitative estimate of drug-likeness (QED) is 0.666. The molecule has 21 heavy (non-hydrogen) atoms. The number of ether oxygens (including phenoxy) is 1. The van der Waals surface area contributed by atoms with Crippen LogP contribution in [0.5, 0.6) is 0 Å². The van der Waals surface area contributed by atoms with E-state index in [0.717, 1.165) is 18.8 Å². The first-order valence-corrected chi connectivity index (χ1v) is 9.17. The third kappa shape index (κ3) is 5.88. The third-order valence-electron chi connectivity index (χ3n) is 5.14. The fourth-order valence-corrected chi connectivity index (χ4v) is 4.10. The van der Waals surface area contributed by atoms with Crippen LogP contribution in [0.1, 0.15) is 84.5 Å². The predicted octanol–water partition coefficient (Wildman–Crippen LogP) is 3.99. The molecule has 124 valence electrons. The molecular formula is C18H35NO2. The summed E-state index contributed by atoms with van der Waals surface area (Å²) in [6.45, 7) is 4.65. The maximum Gasteiger partial charge on any atom is 0.114 e.